The minimum Gasteiger partial charge on any atom is -0.352 e. The molecule has 2 aromatic carbocycles. The number of nitrogens with zero attached hydrogens (tertiary/aromatic N) is 4. The maximum atomic E-state index is 13.0. The fourth-order valence-corrected chi connectivity index (χ4v) is 4.39. The number of benzene rings is 2. The fraction of sp³-hybridized carbons (Fsp3) is 0.370. The number of nitrogens with one attached hydrogen (secondary N) is 1. The molecule has 1 aliphatic rings. The Bertz CT molecular complexity index is 1210. The third-order valence-electron chi connectivity index (χ3n) is 6.10. The molecule has 178 valence electrons. The Morgan fingerprint density at radius 2 is 1.71 bits per heavy atom. The maximum absolute atomic E-state index is 13.0. The van der Waals surface area contributed by atoms with Gasteiger partial charge in [-0.1, -0.05) is 48.5 Å². The van der Waals surface area contributed by atoms with Gasteiger partial charge in [0.1, 0.15) is 12.4 Å². The summed E-state index contributed by atoms with van der Waals surface area (Å²) >= 11 is 0. The van der Waals surface area contributed by atoms with Gasteiger partial charge in [-0.15, -0.1) is 0 Å². The summed E-state index contributed by atoms with van der Waals surface area (Å²) in [5, 5.41) is 7.28. The minimum absolute atomic E-state index is 0.0192. The van der Waals surface area contributed by atoms with Crippen LogP contribution in [0.1, 0.15) is 57.3 Å². The molecule has 34 heavy (non-hydrogen) atoms. The van der Waals surface area contributed by atoms with Crippen molar-refractivity contribution in [1.29, 1.82) is 0 Å². The van der Waals surface area contributed by atoms with Crippen LogP contribution in [0.15, 0.2) is 71.8 Å². The van der Waals surface area contributed by atoms with Crippen molar-refractivity contribution in [1.82, 2.24) is 24.6 Å². The molecule has 1 aromatic heterocycles. The van der Waals surface area contributed by atoms with Crippen LogP contribution in [0.3, 0.4) is 0 Å². The van der Waals surface area contributed by atoms with Gasteiger partial charge in [0.25, 0.3) is 0 Å². The van der Waals surface area contributed by atoms with E-state index in [4.69, 9.17) is 0 Å². The summed E-state index contributed by atoms with van der Waals surface area (Å²) in [4.78, 5) is 27.8. The fourth-order valence-electron chi connectivity index (χ4n) is 4.39. The van der Waals surface area contributed by atoms with Crippen LogP contribution in [0.2, 0.25) is 0 Å². The average Bonchev–Trinajstić information content (AvgIpc) is 3.22. The molecule has 0 saturated heterocycles. The molecule has 1 amide bonds. The molecule has 0 fully saturated rings. The highest BCUT2D eigenvalue weighted by Gasteiger charge is 2.29. The highest BCUT2D eigenvalue weighted by molar-refractivity contribution is 5.83. The van der Waals surface area contributed by atoms with Crippen LogP contribution in [-0.2, 0) is 4.79 Å². The molecule has 1 atom stereocenters. The van der Waals surface area contributed by atoms with Crippen LogP contribution in [0.5, 0.6) is 0 Å². The van der Waals surface area contributed by atoms with E-state index in [1.807, 2.05) is 70.2 Å². The quantitative estimate of drug-likeness (QED) is 0.580. The van der Waals surface area contributed by atoms with E-state index in [1.165, 1.54) is 10.3 Å². The molecular formula is C27H33N5O2. The largest absolute Gasteiger partial charge is 0.352 e. The lowest BCUT2D eigenvalue weighted by Gasteiger charge is -2.34. The van der Waals surface area contributed by atoms with E-state index < -0.39 is 0 Å². The number of carbonyl (C=O) groups is 1. The molecule has 1 N–H and O–H groups in total. The zero-order valence-electron chi connectivity index (χ0n) is 20.3. The summed E-state index contributed by atoms with van der Waals surface area (Å²) in [6.45, 7) is 9.34. The third kappa shape index (κ3) is 5.04. The van der Waals surface area contributed by atoms with Crippen molar-refractivity contribution >= 4 is 11.5 Å². The first kappa shape index (κ1) is 23.7. The molecule has 0 aliphatic carbocycles. The summed E-state index contributed by atoms with van der Waals surface area (Å²) in [7, 11) is 0. The van der Waals surface area contributed by atoms with E-state index in [-0.39, 0.29) is 29.7 Å². The standard InChI is InChI=1S/C27H33N5O2/c1-19(2)29-26(33)25(23-8-6-5-7-9-23)30-16-14-22(15-17-30)21-10-12-24(13-11-21)31-18-28-32(20(3)4)27(31)34/h5-14,18-20,25H,15-17H2,1-4H3,(H,29,33). The highest BCUT2D eigenvalue weighted by atomic mass is 16.2. The summed E-state index contributed by atoms with van der Waals surface area (Å²) in [5.74, 6) is 0.0368. The highest BCUT2D eigenvalue weighted by Crippen LogP contribution is 2.29. The number of hydrogen-bond donors (Lipinski definition) is 1. The van der Waals surface area contributed by atoms with E-state index in [1.54, 1.807) is 10.9 Å². The number of aromatic nitrogens is 3. The first-order valence-electron chi connectivity index (χ1n) is 11.9. The molecule has 0 radical (unpaired) electrons. The Labute approximate surface area is 200 Å². The second-order valence-electron chi connectivity index (χ2n) is 9.32. The van der Waals surface area contributed by atoms with Gasteiger partial charge in [-0.3, -0.25) is 9.69 Å². The van der Waals surface area contributed by atoms with E-state index in [0.717, 1.165) is 29.8 Å². The molecule has 1 aliphatic heterocycles. The zero-order valence-corrected chi connectivity index (χ0v) is 20.3. The predicted octanol–water partition coefficient (Wildman–Crippen LogP) is 3.97. The second kappa shape index (κ2) is 10.2. The molecular weight excluding hydrogens is 426 g/mol. The third-order valence-corrected chi connectivity index (χ3v) is 6.10. The Balaban J connectivity index is 1.51. The number of amides is 1. The van der Waals surface area contributed by atoms with E-state index >= 15 is 0 Å². The Hall–Kier alpha value is -3.45. The molecule has 1 unspecified atom stereocenters. The molecule has 0 saturated carbocycles. The minimum atomic E-state index is -0.312. The van der Waals surface area contributed by atoms with Gasteiger partial charge in [-0.25, -0.2) is 14.0 Å². The van der Waals surface area contributed by atoms with E-state index in [2.05, 4.69) is 33.5 Å². The molecule has 0 spiro atoms. The Kier molecular flexibility index (Phi) is 7.12. The predicted molar refractivity (Wildman–Crippen MR) is 135 cm³/mol. The second-order valence-corrected chi connectivity index (χ2v) is 9.32. The van der Waals surface area contributed by atoms with Crippen molar-refractivity contribution in [3.05, 3.63) is 88.6 Å². The van der Waals surface area contributed by atoms with Crippen LogP contribution in [0.4, 0.5) is 0 Å². The van der Waals surface area contributed by atoms with Gasteiger partial charge in [0.05, 0.1) is 11.7 Å². The normalized spacial score (nSPS) is 15.4. The van der Waals surface area contributed by atoms with E-state index in [0.29, 0.717) is 6.54 Å². The number of hydrogen-bond acceptors (Lipinski definition) is 4. The van der Waals surface area contributed by atoms with Crippen LogP contribution < -0.4 is 11.0 Å². The van der Waals surface area contributed by atoms with Gasteiger partial charge in [0.15, 0.2) is 0 Å². The topological polar surface area (TPSA) is 72.2 Å². The molecule has 7 heteroatoms. The van der Waals surface area contributed by atoms with Gasteiger partial charge in [0, 0.05) is 19.1 Å². The summed E-state index contributed by atoms with van der Waals surface area (Å²) < 4.78 is 3.04. The van der Waals surface area contributed by atoms with Crippen molar-refractivity contribution in [2.45, 2.75) is 52.2 Å². The maximum Gasteiger partial charge on any atom is 0.350 e. The monoisotopic (exact) mass is 459 g/mol. The van der Waals surface area contributed by atoms with Gasteiger partial charge in [0.2, 0.25) is 5.91 Å². The molecule has 3 aromatic rings. The lowest BCUT2D eigenvalue weighted by Crippen LogP contribution is -2.44. The Morgan fingerprint density at radius 3 is 2.26 bits per heavy atom. The molecule has 2 heterocycles. The van der Waals surface area contributed by atoms with Crippen LogP contribution in [-0.4, -0.2) is 44.3 Å². The molecule has 0 bridgehead atoms. The van der Waals surface area contributed by atoms with Crippen molar-refractivity contribution in [3.8, 4) is 5.69 Å². The summed E-state index contributed by atoms with van der Waals surface area (Å²) in [5.41, 5.74) is 4.06. The smallest absolute Gasteiger partial charge is 0.350 e. The summed E-state index contributed by atoms with van der Waals surface area (Å²) in [6, 6.07) is 17.8. The van der Waals surface area contributed by atoms with Crippen molar-refractivity contribution in [2.24, 2.45) is 0 Å². The zero-order chi connectivity index (χ0) is 24.2. The van der Waals surface area contributed by atoms with Gasteiger partial charge < -0.3 is 5.32 Å². The van der Waals surface area contributed by atoms with Crippen molar-refractivity contribution in [2.75, 3.05) is 13.1 Å². The molecule has 4 rings (SSSR count). The van der Waals surface area contributed by atoms with Gasteiger partial charge in [-0.2, -0.15) is 5.10 Å². The first-order valence-corrected chi connectivity index (χ1v) is 11.9. The van der Waals surface area contributed by atoms with Crippen molar-refractivity contribution < 1.29 is 4.79 Å². The van der Waals surface area contributed by atoms with Crippen LogP contribution in [0, 0.1) is 0 Å². The average molecular weight is 460 g/mol. The Morgan fingerprint density at radius 1 is 1.00 bits per heavy atom. The first-order chi connectivity index (χ1) is 16.3. The van der Waals surface area contributed by atoms with Crippen LogP contribution >= 0.6 is 0 Å². The lowest BCUT2D eigenvalue weighted by atomic mass is 9.96. The molecule has 7 nitrogen and oxygen atoms in total. The van der Waals surface area contributed by atoms with Gasteiger partial charge in [-0.05, 0) is 62.9 Å². The number of rotatable bonds is 7. The van der Waals surface area contributed by atoms with Gasteiger partial charge >= 0.3 is 5.69 Å². The van der Waals surface area contributed by atoms with E-state index in [9.17, 15) is 9.59 Å². The number of carbonyl (C=O) groups excluding carboxylic acids is 1. The SMILES string of the molecule is CC(C)NC(=O)C(c1ccccc1)N1CC=C(c2ccc(-n3cnn(C(C)C)c3=O)cc2)CC1. The van der Waals surface area contributed by atoms with Crippen molar-refractivity contribution in [3.63, 3.8) is 0 Å². The van der Waals surface area contributed by atoms with Crippen LogP contribution in [0.25, 0.3) is 11.3 Å². The lowest BCUT2D eigenvalue weighted by molar-refractivity contribution is -0.127. The summed E-state index contributed by atoms with van der Waals surface area (Å²) in [6.07, 6.45) is 4.63.